The maximum absolute atomic E-state index is 12.8. The van der Waals surface area contributed by atoms with Crippen molar-refractivity contribution in [2.24, 2.45) is 11.3 Å². The first-order valence-corrected chi connectivity index (χ1v) is 11.3. The van der Waals surface area contributed by atoms with Crippen LogP contribution in [0.1, 0.15) is 69.2 Å². The Bertz CT molecular complexity index is 509. The molecule has 0 aromatic heterocycles. The van der Waals surface area contributed by atoms with E-state index in [1.807, 2.05) is 6.92 Å². The van der Waals surface area contributed by atoms with Crippen LogP contribution in [0.2, 0.25) is 16.6 Å². The van der Waals surface area contributed by atoms with E-state index in [4.69, 9.17) is 0 Å². The lowest BCUT2D eigenvalue weighted by molar-refractivity contribution is -0.114. The molecule has 0 aromatic carbocycles. The molecular formula is C20H36O2Si. The van der Waals surface area contributed by atoms with Crippen molar-refractivity contribution in [3.05, 3.63) is 22.6 Å². The summed E-state index contributed by atoms with van der Waals surface area (Å²) in [7, 11) is -1.83. The van der Waals surface area contributed by atoms with Gasteiger partial charge in [-0.3, -0.25) is 4.79 Å². The molecule has 1 atom stereocenters. The number of allylic oxidation sites excluding steroid dienone is 2. The van der Waals surface area contributed by atoms with Crippen LogP contribution >= 0.6 is 0 Å². The van der Waals surface area contributed by atoms with Gasteiger partial charge in [0.1, 0.15) is 0 Å². The number of ketones is 1. The van der Waals surface area contributed by atoms with E-state index in [0.717, 1.165) is 11.1 Å². The zero-order valence-corrected chi connectivity index (χ0v) is 17.7. The first kappa shape index (κ1) is 20.2. The SMILES string of the molecule is CC1=C(O)C(=O)/C(=C\[Si](C(C)C)(C(C)C)C(C)C)C1C(C)(C)C. The Morgan fingerprint density at radius 2 is 1.39 bits per heavy atom. The predicted octanol–water partition coefficient (Wildman–Crippen LogP) is 6.21. The summed E-state index contributed by atoms with van der Waals surface area (Å²) in [6, 6.07) is 0. The van der Waals surface area contributed by atoms with E-state index in [1.54, 1.807) is 0 Å². The summed E-state index contributed by atoms with van der Waals surface area (Å²) in [5, 5.41) is 10.3. The lowest BCUT2D eigenvalue weighted by Crippen LogP contribution is -2.44. The largest absolute Gasteiger partial charge is 0.504 e. The molecule has 0 fully saturated rings. The molecule has 0 bridgehead atoms. The van der Waals surface area contributed by atoms with Gasteiger partial charge in [-0.1, -0.05) is 68.0 Å². The van der Waals surface area contributed by atoms with Crippen molar-refractivity contribution in [2.45, 2.75) is 85.9 Å². The van der Waals surface area contributed by atoms with Gasteiger partial charge in [-0.05, 0) is 34.5 Å². The zero-order valence-electron chi connectivity index (χ0n) is 16.7. The third-order valence-electron chi connectivity index (χ3n) is 5.87. The molecule has 0 amide bonds. The second kappa shape index (κ2) is 6.58. The molecule has 0 radical (unpaired) electrons. The highest BCUT2D eigenvalue weighted by Crippen LogP contribution is 2.49. The van der Waals surface area contributed by atoms with Crippen LogP contribution in [0.5, 0.6) is 0 Å². The van der Waals surface area contributed by atoms with Gasteiger partial charge < -0.3 is 5.11 Å². The summed E-state index contributed by atoms with van der Waals surface area (Å²) in [5.41, 5.74) is 5.67. The van der Waals surface area contributed by atoms with Gasteiger partial charge in [0.15, 0.2) is 5.76 Å². The van der Waals surface area contributed by atoms with Gasteiger partial charge in [0, 0.05) is 11.5 Å². The molecule has 0 saturated heterocycles. The fourth-order valence-electron chi connectivity index (χ4n) is 4.85. The number of aliphatic hydroxyl groups is 1. The first-order chi connectivity index (χ1) is 10.3. The minimum absolute atomic E-state index is 0.0182. The van der Waals surface area contributed by atoms with Crippen molar-refractivity contribution >= 4 is 13.9 Å². The number of rotatable bonds is 4. The Kier molecular flexibility index (Phi) is 5.78. The second-order valence-corrected chi connectivity index (χ2v) is 15.0. The van der Waals surface area contributed by atoms with Crippen LogP contribution in [0.25, 0.3) is 0 Å². The van der Waals surface area contributed by atoms with Crippen molar-refractivity contribution < 1.29 is 9.90 Å². The van der Waals surface area contributed by atoms with Crippen molar-refractivity contribution in [3.63, 3.8) is 0 Å². The Morgan fingerprint density at radius 3 is 1.70 bits per heavy atom. The normalized spacial score (nSPS) is 22.4. The molecule has 1 N–H and O–H groups in total. The van der Waals surface area contributed by atoms with E-state index in [0.29, 0.717) is 16.6 Å². The first-order valence-electron chi connectivity index (χ1n) is 8.95. The molecule has 1 unspecified atom stereocenters. The van der Waals surface area contributed by atoms with Crippen LogP contribution in [-0.2, 0) is 4.79 Å². The molecule has 1 aliphatic rings. The average Bonchev–Trinajstić information content (AvgIpc) is 2.58. The molecule has 1 rings (SSSR count). The van der Waals surface area contributed by atoms with Gasteiger partial charge in [0.05, 0.1) is 8.07 Å². The molecule has 0 aromatic rings. The number of Topliss-reactive ketones (excluding diaryl/α,β-unsaturated/α-hetero) is 1. The highest BCUT2D eigenvalue weighted by Gasteiger charge is 2.47. The Hall–Kier alpha value is -0.833. The molecule has 23 heavy (non-hydrogen) atoms. The molecule has 132 valence electrons. The number of aliphatic hydroxyl groups excluding tert-OH is 1. The minimum Gasteiger partial charge on any atom is -0.504 e. The van der Waals surface area contributed by atoms with E-state index in [9.17, 15) is 9.90 Å². The number of carbonyl (C=O) groups excluding carboxylic acids is 1. The third-order valence-corrected chi connectivity index (χ3v) is 12.7. The molecule has 0 heterocycles. The van der Waals surface area contributed by atoms with Crippen LogP contribution in [0.15, 0.2) is 22.6 Å². The lowest BCUT2D eigenvalue weighted by Gasteiger charge is -2.42. The Balaban J connectivity index is 3.62. The topological polar surface area (TPSA) is 37.3 Å². The van der Waals surface area contributed by atoms with Crippen LogP contribution in [-0.4, -0.2) is 19.0 Å². The number of hydrogen-bond donors (Lipinski definition) is 1. The van der Waals surface area contributed by atoms with Gasteiger partial charge in [-0.25, -0.2) is 0 Å². The maximum Gasteiger partial charge on any atom is 0.223 e. The summed E-state index contributed by atoms with van der Waals surface area (Å²) in [6.07, 6.45) is 0. The lowest BCUT2D eigenvalue weighted by atomic mass is 9.75. The van der Waals surface area contributed by atoms with Gasteiger partial charge in [0.25, 0.3) is 0 Å². The molecule has 1 aliphatic carbocycles. The second-order valence-electron chi connectivity index (χ2n) is 9.22. The van der Waals surface area contributed by atoms with Crippen LogP contribution < -0.4 is 0 Å². The van der Waals surface area contributed by atoms with Crippen LogP contribution in [0.4, 0.5) is 0 Å². The smallest absolute Gasteiger partial charge is 0.223 e. The molecule has 3 heteroatoms. The van der Waals surface area contributed by atoms with Crippen molar-refractivity contribution in [2.75, 3.05) is 0 Å². The summed E-state index contributed by atoms with van der Waals surface area (Å²) in [6.45, 7) is 22.2. The third kappa shape index (κ3) is 3.35. The fraction of sp³-hybridized carbons (Fsp3) is 0.750. The molecule has 2 nitrogen and oxygen atoms in total. The van der Waals surface area contributed by atoms with E-state index in [2.05, 4.69) is 68.0 Å². The summed E-state index contributed by atoms with van der Waals surface area (Å²) < 4.78 is 0. The highest BCUT2D eigenvalue weighted by atomic mass is 28.3. The van der Waals surface area contributed by atoms with Crippen molar-refractivity contribution in [1.29, 1.82) is 0 Å². The molecule has 0 saturated carbocycles. The Labute approximate surface area is 144 Å². The fourth-order valence-corrected chi connectivity index (χ4v) is 10.7. The standard InChI is InChI=1S/C20H36O2Si/c1-12(2)23(13(3)4,14(5)6)11-16-17(20(8,9)10)15(7)18(21)19(16)22/h11-14,17,21H,1-10H3/b16-11-. The van der Waals surface area contributed by atoms with Gasteiger partial charge >= 0.3 is 0 Å². The monoisotopic (exact) mass is 336 g/mol. The van der Waals surface area contributed by atoms with Gasteiger partial charge in [-0.2, -0.15) is 0 Å². The van der Waals surface area contributed by atoms with Crippen LogP contribution in [0, 0.1) is 11.3 Å². The van der Waals surface area contributed by atoms with Crippen molar-refractivity contribution in [1.82, 2.24) is 0 Å². The molecular weight excluding hydrogens is 300 g/mol. The van der Waals surface area contributed by atoms with Gasteiger partial charge in [-0.15, -0.1) is 0 Å². The van der Waals surface area contributed by atoms with Gasteiger partial charge in [0.2, 0.25) is 5.78 Å². The highest BCUT2D eigenvalue weighted by molar-refractivity contribution is 6.88. The number of hydrogen-bond acceptors (Lipinski definition) is 2. The molecule has 0 spiro atoms. The molecule has 0 aliphatic heterocycles. The zero-order chi connectivity index (χ0) is 18.3. The summed E-state index contributed by atoms with van der Waals surface area (Å²) >= 11 is 0. The Morgan fingerprint density at radius 1 is 1.00 bits per heavy atom. The van der Waals surface area contributed by atoms with E-state index in [1.165, 1.54) is 0 Å². The quantitative estimate of drug-likeness (QED) is 0.489. The number of carbonyl (C=O) groups is 1. The summed E-state index contributed by atoms with van der Waals surface area (Å²) in [5.74, 6) is -0.130. The predicted molar refractivity (Wildman–Crippen MR) is 102 cm³/mol. The summed E-state index contributed by atoms with van der Waals surface area (Å²) in [4.78, 5) is 12.8. The van der Waals surface area contributed by atoms with E-state index in [-0.39, 0.29) is 22.9 Å². The van der Waals surface area contributed by atoms with E-state index >= 15 is 0 Å². The maximum atomic E-state index is 12.8. The average molecular weight is 337 g/mol. The van der Waals surface area contributed by atoms with Crippen LogP contribution in [0.3, 0.4) is 0 Å². The van der Waals surface area contributed by atoms with E-state index < -0.39 is 8.07 Å². The van der Waals surface area contributed by atoms with Crippen molar-refractivity contribution in [3.8, 4) is 0 Å². The minimum atomic E-state index is -1.83.